The van der Waals surface area contributed by atoms with Crippen molar-refractivity contribution >= 4 is 17.6 Å². The summed E-state index contributed by atoms with van der Waals surface area (Å²) >= 11 is 5.58. The average molecular weight is 244 g/mol. The number of carboxylic acid groups (broad SMARTS) is 1. The van der Waals surface area contributed by atoms with Gasteiger partial charge in [-0.3, -0.25) is 4.79 Å². The molecule has 1 aromatic carbocycles. The van der Waals surface area contributed by atoms with E-state index in [1.807, 2.05) is 0 Å². The number of nitrogens with one attached hydrogen (secondary N) is 1. The fraction of sp³-hybridized carbons (Fsp3) is 0.364. The zero-order valence-corrected chi connectivity index (χ0v) is 9.17. The first-order valence-electron chi connectivity index (χ1n) is 4.98. The molecule has 1 saturated heterocycles. The zero-order valence-electron chi connectivity index (χ0n) is 8.41. The molecule has 0 bridgehead atoms. The van der Waals surface area contributed by atoms with Gasteiger partial charge in [0.1, 0.15) is 5.82 Å². The van der Waals surface area contributed by atoms with Crippen molar-refractivity contribution in [1.29, 1.82) is 0 Å². The molecular weight excluding hydrogens is 233 g/mol. The second-order valence-electron chi connectivity index (χ2n) is 3.88. The van der Waals surface area contributed by atoms with E-state index in [2.05, 4.69) is 5.32 Å². The molecule has 0 spiro atoms. The zero-order chi connectivity index (χ0) is 11.7. The van der Waals surface area contributed by atoms with Crippen LogP contribution in [-0.2, 0) is 4.79 Å². The third-order valence-electron chi connectivity index (χ3n) is 2.90. The highest BCUT2D eigenvalue weighted by Gasteiger charge is 2.34. The molecule has 2 unspecified atom stereocenters. The standard InChI is InChI=1S/C11H11ClFNO2/c12-9-2-1-6(3-10(9)13)7-4-14-5-8(7)11(15)16/h1-3,7-8,14H,4-5H2,(H,15,16). The first-order chi connectivity index (χ1) is 7.59. The van der Waals surface area contributed by atoms with Gasteiger partial charge < -0.3 is 10.4 Å². The molecule has 3 nitrogen and oxygen atoms in total. The molecule has 1 heterocycles. The average Bonchev–Trinajstić information content (AvgIpc) is 2.71. The summed E-state index contributed by atoms with van der Waals surface area (Å²) in [5.74, 6) is -2.05. The van der Waals surface area contributed by atoms with Gasteiger partial charge in [-0.15, -0.1) is 0 Å². The number of hydrogen-bond acceptors (Lipinski definition) is 2. The molecule has 2 rings (SSSR count). The van der Waals surface area contributed by atoms with Crippen LogP contribution < -0.4 is 5.32 Å². The Morgan fingerprint density at radius 3 is 2.88 bits per heavy atom. The maximum atomic E-state index is 13.3. The quantitative estimate of drug-likeness (QED) is 0.834. The lowest BCUT2D eigenvalue weighted by atomic mass is 9.89. The predicted molar refractivity (Wildman–Crippen MR) is 58.1 cm³/mol. The number of carbonyl (C=O) groups is 1. The number of rotatable bonds is 2. The van der Waals surface area contributed by atoms with Crippen LogP contribution in [0.4, 0.5) is 4.39 Å². The van der Waals surface area contributed by atoms with Crippen LogP contribution >= 0.6 is 11.6 Å². The molecule has 1 aliphatic rings. The van der Waals surface area contributed by atoms with Gasteiger partial charge in [-0.1, -0.05) is 17.7 Å². The van der Waals surface area contributed by atoms with E-state index in [9.17, 15) is 9.18 Å². The van der Waals surface area contributed by atoms with Gasteiger partial charge in [-0.2, -0.15) is 0 Å². The Balaban J connectivity index is 2.29. The number of hydrogen-bond donors (Lipinski definition) is 2. The summed E-state index contributed by atoms with van der Waals surface area (Å²) in [4.78, 5) is 11.0. The number of benzene rings is 1. The van der Waals surface area contributed by atoms with Crippen molar-refractivity contribution in [3.8, 4) is 0 Å². The van der Waals surface area contributed by atoms with Gasteiger partial charge >= 0.3 is 5.97 Å². The van der Waals surface area contributed by atoms with Crippen LogP contribution in [0.15, 0.2) is 18.2 Å². The van der Waals surface area contributed by atoms with Gasteiger partial charge in [0.25, 0.3) is 0 Å². The molecule has 86 valence electrons. The SMILES string of the molecule is O=C(O)C1CNCC1c1ccc(Cl)c(F)c1. The molecule has 1 fully saturated rings. The smallest absolute Gasteiger partial charge is 0.308 e. The fourth-order valence-electron chi connectivity index (χ4n) is 2.03. The van der Waals surface area contributed by atoms with Crippen LogP contribution in [0.5, 0.6) is 0 Å². The van der Waals surface area contributed by atoms with Crippen molar-refractivity contribution < 1.29 is 14.3 Å². The second-order valence-corrected chi connectivity index (χ2v) is 4.29. The molecule has 5 heteroatoms. The third-order valence-corrected chi connectivity index (χ3v) is 3.21. The van der Waals surface area contributed by atoms with Crippen LogP contribution in [0.1, 0.15) is 11.5 Å². The highest BCUT2D eigenvalue weighted by molar-refractivity contribution is 6.30. The summed E-state index contributed by atoms with van der Waals surface area (Å²) in [6, 6.07) is 4.46. The van der Waals surface area contributed by atoms with E-state index in [-0.39, 0.29) is 10.9 Å². The predicted octanol–water partition coefficient (Wildman–Crippen LogP) is 1.87. The van der Waals surface area contributed by atoms with E-state index in [0.29, 0.717) is 18.7 Å². The van der Waals surface area contributed by atoms with E-state index in [1.165, 1.54) is 12.1 Å². The van der Waals surface area contributed by atoms with E-state index >= 15 is 0 Å². The van der Waals surface area contributed by atoms with Gasteiger partial charge in [0.15, 0.2) is 0 Å². The molecule has 2 atom stereocenters. The van der Waals surface area contributed by atoms with Crippen molar-refractivity contribution in [2.24, 2.45) is 5.92 Å². The largest absolute Gasteiger partial charge is 0.481 e. The maximum absolute atomic E-state index is 13.3. The van der Waals surface area contributed by atoms with E-state index < -0.39 is 17.7 Å². The molecule has 16 heavy (non-hydrogen) atoms. The molecule has 0 aliphatic carbocycles. The fourth-order valence-corrected chi connectivity index (χ4v) is 2.15. The molecule has 1 aromatic rings. The van der Waals surface area contributed by atoms with Gasteiger partial charge in [0.2, 0.25) is 0 Å². The van der Waals surface area contributed by atoms with Crippen LogP contribution in [0.25, 0.3) is 0 Å². The van der Waals surface area contributed by atoms with Gasteiger partial charge in [-0.05, 0) is 17.7 Å². The van der Waals surface area contributed by atoms with Gasteiger partial charge in [0, 0.05) is 19.0 Å². The molecule has 2 N–H and O–H groups in total. The van der Waals surface area contributed by atoms with Crippen molar-refractivity contribution in [2.45, 2.75) is 5.92 Å². The lowest BCUT2D eigenvalue weighted by Gasteiger charge is -2.15. The molecular formula is C11H11ClFNO2. The number of aliphatic carboxylic acids is 1. The summed E-state index contributed by atoms with van der Waals surface area (Å²) in [6.45, 7) is 0.974. The molecule has 0 amide bonds. The lowest BCUT2D eigenvalue weighted by molar-refractivity contribution is -0.141. The van der Waals surface area contributed by atoms with Crippen LogP contribution in [-0.4, -0.2) is 24.2 Å². The molecule has 1 aliphatic heterocycles. The van der Waals surface area contributed by atoms with Crippen molar-refractivity contribution in [3.05, 3.63) is 34.6 Å². The van der Waals surface area contributed by atoms with Gasteiger partial charge in [0.05, 0.1) is 10.9 Å². The minimum Gasteiger partial charge on any atom is -0.481 e. The Kier molecular flexibility index (Phi) is 3.12. The second kappa shape index (κ2) is 4.39. The van der Waals surface area contributed by atoms with E-state index in [1.54, 1.807) is 6.07 Å². The number of halogens is 2. The van der Waals surface area contributed by atoms with Crippen LogP contribution in [0.3, 0.4) is 0 Å². The summed E-state index contributed by atoms with van der Waals surface area (Å²) in [5, 5.41) is 12.1. The monoisotopic (exact) mass is 243 g/mol. The molecule has 0 saturated carbocycles. The van der Waals surface area contributed by atoms with E-state index in [4.69, 9.17) is 16.7 Å². The Bertz CT molecular complexity index is 424. The Hall–Kier alpha value is -1.13. The Morgan fingerprint density at radius 2 is 2.25 bits per heavy atom. The normalized spacial score (nSPS) is 24.6. The first-order valence-corrected chi connectivity index (χ1v) is 5.36. The van der Waals surface area contributed by atoms with Crippen molar-refractivity contribution in [3.63, 3.8) is 0 Å². The highest BCUT2D eigenvalue weighted by atomic mass is 35.5. The topological polar surface area (TPSA) is 49.3 Å². The van der Waals surface area contributed by atoms with Crippen molar-refractivity contribution in [1.82, 2.24) is 5.32 Å². The minimum absolute atomic E-state index is 0.0570. The molecule has 0 radical (unpaired) electrons. The summed E-state index contributed by atoms with van der Waals surface area (Å²) in [6.07, 6.45) is 0. The van der Waals surface area contributed by atoms with Crippen LogP contribution in [0.2, 0.25) is 5.02 Å². The minimum atomic E-state index is -0.856. The summed E-state index contributed by atoms with van der Waals surface area (Å²) < 4.78 is 13.3. The Morgan fingerprint density at radius 1 is 1.50 bits per heavy atom. The Labute approximate surface area is 97.2 Å². The summed E-state index contributed by atoms with van der Waals surface area (Å²) in [7, 11) is 0. The molecule has 0 aromatic heterocycles. The maximum Gasteiger partial charge on any atom is 0.308 e. The van der Waals surface area contributed by atoms with E-state index in [0.717, 1.165) is 0 Å². The van der Waals surface area contributed by atoms with Crippen LogP contribution in [0, 0.1) is 11.7 Å². The number of carboxylic acids is 1. The van der Waals surface area contributed by atoms with Crippen molar-refractivity contribution in [2.75, 3.05) is 13.1 Å². The van der Waals surface area contributed by atoms with Gasteiger partial charge in [-0.25, -0.2) is 4.39 Å². The lowest BCUT2D eigenvalue weighted by Crippen LogP contribution is -2.21. The third kappa shape index (κ3) is 2.03. The summed E-state index contributed by atoms with van der Waals surface area (Å²) in [5.41, 5.74) is 0.680. The first kappa shape index (κ1) is 11.4. The highest BCUT2D eigenvalue weighted by Crippen LogP contribution is 2.30.